The molecule has 0 radical (unpaired) electrons. The summed E-state index contributed by atoms with van der Waals surface area (Å²) in [4.78, 5) is 9.05. The van der Waals surface area contributed by atoms with Gasteiger partial charge < -0.3 is 0 Å². The van der Waals surface area contributed by atoms with E-state index in [1.807, 2.05) is 12.3 Å². The standard InChI is InChI=1S/C14H19N3/c1-13(2)8-10-11(14(3,4)9-13)17-7-5-6-15-12(17)16-10/h5-7H,8-9H2,1-4H3. The normalized spacial score (nSPS) is 21.4. The smallest absolute Gasteiger partial charge is 0.234 e. The third kappa shape index (κ3) is 1.56. The molecule has 0 fully saturated rings. The second kappa shape index (κ2) is 3.09. The summed E-state index contributed by atoms with van der Waals surface area (Å²) >= 11 is 0. The Morgan fingerprint density at radius 3 is 2.76 bits per heavy atom. The molecule has 2 aromatic heterocycles. The summed E-state index contributed by atoms with van der Waals surface area (Å²) < 4.78 is 2.16. The molecular weight excluding hydrogens is 210 g/mol. The van der Waals surface area contributed by atoms with Crippen molar-refractivity contribution in [2.45, 2.75) is 46.0 Å². The van der Waals surface area contributed by atoms with Crippen molar-refractivity contribution in [1.29, 1.82) is 0 Å². The number of rotatable bonds is 0. The molecule has 0 unspecified atom stereocenters. The summed E-state index contributed by atoms with van der Waals surface area (Å²) in [7, 11) is 0. The highest BCUT2D eigenvalue weighted by Gasteiger charge is 2.40. The van der Waals surface area contributed by atoms with Gasteiger partial charge >= 0.3 is 0 Å². The van der Waals surface area contributed by atoms with Crippen molar-refractivity contribution < 1.29 is 0 Å². The molecule has 3 nitrogen and oxygen atoms in total. The van der Waals surface area contributed by atoms with Gasteiger partial charge in [0.05, 0.1) is 11.4 Å². The predicted octanol–water partition coefficient (Wildman–Crippen LogP) is 2.98. The molecule has 2 heterocycles. The van der Waals surface area contributed by atoms with Crippen molar-refractivity contribution in [3.05, 3.63) is 29.8 Å². The lowest BCUT2D eigenvalue weighted by atomic mass is 9.66. The molecule has 1 aliphatic carbocycles. The van der Waals surface area contributed by atoms with Crippen LogP contribution in [-0.4, -0.2) is 14.4 Å². The van der Waals surface area contributed by atoms with E-state index >= 15 is 0 Å². The number of aromatic nitrogens is 3. The zero-order chi connectivity index (χ0) is 12.3. The molecule has 0 N–H and O–H groups in total. The topological polar surface area (TPSA) is 30.2 Å². The number of hydrogen-bond acceptors (Lipinski definition) is 2. The van der Waals surface area contributed by atoms with Crippen molar-refractivity contribution in [3.8, 4) is 0 Å². The number of nitrogens with zero attached hydrogens (tertiary/aromatic N) is 3. The lowest BCUT2D eigenvalue weighted by Gasteiger charge is -2.40. The van der Waals surface area contributed by atoms with E-state index in [0.29, 0.717) is 5.41 Å². The molecule has 0 saturated carbocycles. The van der Waals surface area contributed by atoms with E-state index in [1.54, 1.807) is 0 Å². The second-order valence-electron chi connectivity index (χ2n) is 6.60. The fourth-order valence-corrected chi connectivity index (χ4v) is 3.57. The zero-order valence-corrected chi connectivity index (χ0v) is 11.0. The van der Waals surface area contributed by atoms with Gasteiger partial charge in [-0.05, 0) is 24.3 Å². The molecule has 3 heteroatoms. The number of imidazole rings is 1. The summed E-state index contributed by atoms with van der Waals surface area (Å²) in [6.45, 7) is 9.28. The minimum atomic E-state index is 0.166. The Balaban J connectivity index is 2.31. The summed E-state index contributed by atoms with van der Waals surface area (Å²) in [6.07, 6.45) is 6.13. The Bertz CT molecular complexity index is 578. The monoisotopic (exact) mass is 229 g/mol. The Kier molecular flexibility index (Phi) is 1.96. The summed E-state index contributed by atoms with van der Waals surface area (Å²) in [5, 5.41) is 0. The molecule has 0 amide bonds. The van der Waals surface area contributed by atoms with E-state index < -0.39 is 0 Å². The quantitative estimate of drug-likeness (QED) is 0.695. The summed E-state index contributed by atoms with van der Waals surface area (Å²) in [5.41, 5.74) is 3.07. The fraction of sp³-hybridized carbons (Fsp3) is 0.571. The lowest BCUT2D eigenvalue weighted by Crippen LogP contribution is -2.35. The van der Waals surface area contributed by atoms with E-state index in [2.05, 4.69) is 43.3 Å². The predicted molar refractivity (Wildman–Crippen MR) is 68.1 cm³/mol. The minimum absolute atomic E-state index is 0.166. The molecule has 0 bridgehead atoms. The molecule has 0 aliphatic heterocycles. The van der Waals surface area contributed by atoms with Crippen LogP contribution in [0.2, 0.25) is 0 Å². The Labute approximate surface area is 102 Å². The molecule has 1 aliphatic rings. The van der Waals surface area contributed by atoms with Crippen LogP contribution in [0.25, 0.3) is 5.78 Å². The van der Waals surface area contributed by atoms with Crippen LogP contribution in [0, 0.1) is 5.41 Å². The molecular formula is C14H19N3. The highest BCUT2D eigenvalue weighted by atomic mass is 15.1. The van der Waals surface area contributed by atoms with Crippen molar-refractivity contribution in [2.24, 2.45) is 5.41 Å². The molecule has 90 valence electrons. The van der Waals surface area contributed by atoms with Gasteiger partial charge in [0.1, 0.15) is 0 Å². The number of fused-ring (bicyclic) bond motifs is 3. The molecule has 0 atom stereocenters. The zero-order valence-electron chi connectivity index (χ0n) is 11.0. The second-order valence-corrected chi connectivity index (χ2v) is 6.60. The SMILES string of the molecule is CC1(C)Cc2nc3ncccn3c2C(C)(C)C1. The van der Waals surface area contributed by atoms with Gasteiger partial charge in [0.25, 0.3) is 0 Å². The largest absolute Gasteiger partial charge is 0.287 e. The van der Waals surface area contributed by atoms with E-state index in [9.17, 15) is 0 Å². The maximum Gasteiger partial charge on any atom is 0.234 e. The first-order chi connectivity index (χ1) is 7.89. The average Bonchev–Trinajstić information content (AvgIpc) is 2.51. The fourth-order valence-electron chi connectivity index (χ4n) is 3.57. The van der Waals surface area contributed by atoms with Gasteiger partial charge in [0.2, 0.25) is 5.78 Å². The van der Waals surface area contributed by atoms with E-state index in [1.165, 1.54) is 17.8 Å². The highest BCUT2D eigenvalue weighted by Crippen LogP contribution is 2.45. The molecule has 2 aromatic rings. The average molecular weight is 229 g/mol. The van der Waals surface area contributed by atoms with E-state index in [0.717, 1.165) is 12.2 Å². The van der Waals surface area contributed by atoms with Gasteiger partial charge in [-0.3, -0.25) is 4.40 Å². The first-order valence-electron chi connectivity index (χ1n) is 6.22. The lowest BCUT2D eigenvalue weighted by molar-refractivity contribution is 0.224. The van der Waals surface area contributed by atoms with Gasteiger partial charge in [-0.1, -0.05) is 27.7 Å². The van der Waals surface area contributed by atoms with Gasteiger partial charge in [-0.15, -0.1) is 0 Å². The van der Waals surface area contributed by atoms with E-state index in [-0.39, 0.29) is 5.41 Å². The van der Waals surface area contributed by atoms with Crippen LogP contribution in [0.4, 0.5) is 0 Å². The summed E-state index contributed by atoms with van der Waals surface area (Å²) in [6, 6.07) is 1.98. The molecule has 0 aromatic carbocycles. The van der Waals surface area contributed by atoms with Crippen LogP contribution in [-0.2, 0) is 11.8 Å². The maximum absolute atomic E-state index is 4.70. The van der Waals surface area contributed by atoms with E-state index in [4.69, 9.17) is 4.98 Å². The third-order valence-electron chi connectivity index (χ3n) is 3.68. The van der Waals surface area contributed by atoms with Gasteiger partial charge in [0, 0.05) is 17.8 Å². The van der Waals surface area contributed by atoms with Crippen LogP contribution < -0.4 is 0 Å². The van der Waals surface area contributed by atoms with Crippen LogP contribution in [0.3, 0.4) is 0 Å². The molecule has 0 spiro atoms. The number of hydrogen-bond donors (Lipinski definition) is 0. The van der Waals surface area contributed by atoms with Gasteiger partial charge in [-0.25, -0.2) is 9.97 Å². The van der Waals surface area contributed by atoms with Gasteiger partial charge in [-0.2, -0.15) is 0 Å². The maximum atomic E-state index is 4.70. The van der Waals surface area contributed by atoms with Crippen LogP contribution in [0.15, 0.2) is 18.5 Å². The van der Waals surface area contributed by atoms with Crippen molar-refractivity contribution in [1.82, 2.24) is 14.4 Å². The first kappa shape index (κ1) is 10.8. The van der Waals surface area contributed by atoms with Crippen LogP contribution in [0.5, 0.6) is 0 Å². The van der Waals surface area contributed by atoms with Crippen molar-refractivity contribution in [3.63, 3.8) is 0 Å². The van der Waals surface area contributed by atoms with Crippen molar-refractivity contribution >= 4 is 5.78 Å². The first-order valence-corrected chi connectivity index (χ1v) is 6.22. The minimum Gasteiger partial charge on any atom is -0.287 e. The Morgan fingerprint density at radius 1 is 1.24 bits per heavy atom. The Morgan fingerprint density at radius 2 is 2.00 bits per heavy atom. The van der Waals surface area contributed by atoms with Crippen molar-refractivity contribution in [2.75, 3.05) is 0 Å². The molecule has 17 heavy (non-hydrogen) atoms. The highest BCUT2D eigenvalue weighted by molar-refractivity contribution is 5.41. The molecule has 3 rings (SSSR count). The summed E-state index contributed by atoms with van der Waals surface area (Å²) in [5.74, 6) is 0.836. The van der Waals surface area contributed by atoms with Crippen LogP contribution in [0.1, 0.15) is 45.5 Å². The van der Waals surface area contributed by atoms with Crippen LogP contribution >= 0.6 is 0 Å². The van der Waals surface area contributed by atoms with Gasteiger partial charge in [0.15, 0.2) is 0 Å². The molecule has 0 saturated heterocycles. The Hall–Kier alpha value is -1.38. The third-order valence-corrected chi connectivity index (χ3v) is 3.68.